The molecule has 5 nitrogen and oxygen atoms in total. The first kappa shape index (κ1) is 6.18. The molecule has 1 rings (SSSR count). The normalized spacial score (nSPS) is 24.2. The molecule has 0 spiro atoms. The van der Waals surface area contributed by atoms with Gasteiger partial charge in [-0.3, -0.25) is 14.9 Å². The van der Waals surface area contributed by atoms with Crippen molar-refractivity contribution >= 4 is 11.8 Å². The lowest BCUT2D eigenvalue weighted by atomic mass is 10.2. The minimum absolute atomic E-state index is 0.119. The average Bonchev–Trinajstić information content (AvgIpc) is 1.79. The zero-order chi connectivity index (χ0) is 7.07. The molecule has 1 saturated heterocycles. The van der Waals surface area contributed by atoms with Crippen molar-refractivity contribution < 1.29 is 9.59 Å². The smallest absolute Gasteiger partial charge is 0.261 e. The van der Waals surface area contributed by atoms with Crippen molar-refractivity contribution in [3.8, 4) is 0 Å². The molecule has 5 heteroatoms. The Bertz CT molecular complexity index is 175. The van der Waals surface area contributed by atoms with Crippen LogP contribution in [0.1, 0.15) is 6.42 Å². The number of carbonyl (C=O) groups excluding carboxylic acids is 2. The van der Waals surface area contributed by atoms with Crippen LogP contribution < -0.4 is 16.8 Å². The van der Waals surface area contributed by atoms with Gasteiger partial charge in [0.2, 0.25) is 5.91 Å². The number of hydrogen-bond donors (Lipinski definition) is 3. The molecular weight excluding hydrogens is 122 g/mol. The van der Waals surface area contributed by atoms with Crippen LogP contribution >= 0.6 is 0 Å². The minimum atomic E-state index is -1.48. The number of hydrogen-bond acceptors (Lipinski definition) is 4. The van der Waals surface area contributed by atoms with Gasteiger partial charge in [0.05, 0.1) is 6.42 Å². The summed E-state index contributed by atoms with van der Waals surface area (Å²) in [5.74, 6) is -1.02. The van der Waals surface area contributed by atoms with E-state index in [1.165, 1.54) is 0 Å². The van der Waals surface area contributed by atoms with Crippen molar-refractivity contribution in [2.45, 2.75) is 12.1 Å². The van der Waals surface area contributed by atoms with E-state index in [1.54, 1.807) is 0 Å². The van der Waals surface area contributed by atoms with Crippen LogP contribution in [0.2, 0.25) is 0 Å². The fraction of sp³-hybridized carbons (Fsp3) is 0.500. The number of amides is 2. The quantitative estimate of drug-likeness (QED) is 0.252. The monoisotopic (exact) mass is 129 g/mol. The first-order valence-electron chi connectivity index (χ1n) is 2.44. The van der Waals surface area contributed by atoms with E-state index in [1.807, 2.05) is 5.32 Å². The maximum atomic E-state index is 10.5. The Labute approximate surface area is 51.4 Å². The molecule has 0 unspecified atom stereocenters. The summed E-state index contributed by atoms with van der Waals surface area (Å²) in [5.41, 5.74) is 8.84. The predicted molar refractivity (Wildman–Crippen MR) is 28.9 cm³/mol. The Morgan fingerprint density at radius 1 is 1.44 bits per heavy atom. The first-order valence-corrected chi connectivity index (χ1v) is 2.44. The van der Waals surface area contributed by atoms with Gasteiger partial charge in [-0.1, -0.05) is 0 Å². The van der Waals surface area contributed by atoms with Gasteiger partial charge < -0.3 is 11.5 Å². The van der Waals surface area contributed by atoms with E-state index in [9.17, 15) is 9.59 Å². The van der Waals surface area contributed by atoms with E-state index in [0.29, 0.717) is 0 Å². The van der Waals surface area contributed by atoms with Gasteiger partial charge in [-0.25, -0.2) is 0 Å². The molecule has 1 aliphatic heterocycles. The summed E-state index contributed by atoms with van der Waals surface area (Å²) >= 11 is 0. The minimum Gasteiger partial charge on any atom is -0.305 e. The lowest BCUT2D eigenvalue weighted by molar-refractivity contribution is -0.126. The lowest BCUT2D eigenvalue weighted by Crippen LogP contribution is -2.55. The van der Waals surface area contributed by atoms with Crippen LogP contribution in [-0.2, 0) is 9.59 Å². The number of nitrogens with one attached hydrogen (secondary N) is 1. The number of nitrogens with two attached hydrogens (primary N) is 2. The van der Waals surface area contributed by atoms with Gasteiger partial charge in [0.1, 0.15) is 0 Å². The van der Waals surface area contributed by atoms with Crippen LogP contribution in [0.5, 0.6) is 0 Å². The Morgan fingerprint density at radius 2 is 2.00 bits per heavy atom. The van der Waals surface area contributed by atoms with Gasteiger partial charge in [-0.2, -0.15) is 0 Å². The third kappa shape index (κ3) is 0.914. The topological polar surface area (TPSA) is 98.2 Å². The van der Waals surface area contributed by atoms with Gasteiger partial charge >= 0.3 is 0 Å². The zero-order valence-electron chi connectivity index (χ0n) is 4.68. The third-order valence-corrected chi connectivity index (χ3v) is 1.13. The highest BCUT2D eigenvalue weighted by molar-refractivity contribution is 6.07. The van der Waals surface area contributed by atoms with Gasteiger partial charge in [0.15, 0.2) is 5.66 Å². The van der Waals surface area contributed by atoms with Crippen LogP contribution in [-0.4, -0.2) is 17.5 Å². The molecule has 1 aliphatic rings. The molecule has 0 bridgehead atoms. The second kappa shape index (κ2) is 1.52. The van der Waals surface area contributed by atoms with Crippen LogP contribution in [0, 0.1) is 0 Å². The molecule has 0 saturated carbocycles. The first-order chi connectivity index (χ1) is 4.02. The summed E-state index contributed by atoms with van der Waals surface area (Å²) in [6.45, 7) is 0. The molecular formula is C4H7N3O2. The summed E-state index contributed by atoms with van der Waals surface area (Å²) in [6.07, 6.45) is -0.119. The van der Waals surface area contributed by atoms with Crippen LogP contribution in [0.15, 0.2) is 0 Å². The molecule has 1 heterocycles. The van der Waals surface area contributed by atoms with Crippen LogP contribution in [0.25, 0.3) is 0 Å². The van der Waals surface area contributed by atoms with Gasteiger partial charge in [0.25, 0.3) is 5.91 Å². The largest absolute Gasteiger partial charge is 0.305 e. The third-order valence-electron chi connectivity index (χ3n) is 1.13. The maximum absolute atomic E-state index is 10.5. The molecule has 2 amide bonds. The molecule has 0 aliphatic carbocycles. The summed E-state index contributed by atoms with van der Waals surface area (Å²) in [5, 5.41) is 1.98. The Hall–Kier alpha value is -0.940. The van der Waals surface area contributed by atoms with E-state index in [-0.39, 0.29) is 6.42 Å². The molecule has 0 radical (unpaired) electrons. The fourth-order valence-electron chi connectivity index (χ4n) is 0.633. The molecule has 0 aromatic carbocycles. The van der Waals surface area contributed by atoms with Gasteiger partial charge in [0, 0.05) is 0 Å². The van der Waals surface area contributed by atoms with Crippen molar-refractivity contribution in [1.29, 1.82) is 0 Å². The van der Waals surface area contributed by atoms with Crippen molar-refractivity contribution in [1.82, 2.24) is 5.32 Å². The fourth-order valence-corrected chi connectivity index (χ4v) is 0.633. The van der Waals surface area contributed by atoms with E-state index in [2.05, 4.69) is 0 Å². The summed E-state index contributed by atoms with van der Waals surface area (Å²) < 4.78 is 0. The molecule has 50 valence electrons. The van der Waals surface area contributed by atoms with E-state index in [0.717, 1.165) is 0 Å². The average molecular weight is 129 g/mol. The van der Waals surface area contributed by atoms with Crippen molar-refractivity contribution in [2.75, 3.05) is 0 Å². The van der Waals surface area contributed by atoms with E-state index >= 15 is 0 Å². The van der Waals surface area contributed by atoms with Crippen LogP contribution in [0.4, 0.5) is 0 Å². The van der Waals surface area contributed by atoms with Crippen molar-refractivity contribution in [3.63, 3.8) is 0 Å². The molecule has 0 atom stereocenters. The summed E-state index contributed by atoms with van der Waals surface area (Å²) in [7, 11) is 0. The van der Waals surface area contributed by atoms with Crippen LogP contribution in [0.3, 0.4) is 0 Å². The highest BCUT2D eigenvalue weighted by atomic mass is 16.2. The molecule has 9 heavy (non-hydrogen) atoms. The lowest BCUT2D eigenvalue weighted by Gasteiger charge is -2.09. The molecule has 0 aromatic rings. The molecule has 0 aromatic heterocycles. The maximum Gasteiger partial charge on any atom is 0.261 e. The number of imide groups is 1. The van der Waals surface area contributed by atoms with E-state index in [4.69, 9.17) is 11.5 Å². The Morgan fingerprint density at radius 3 is 2.11 bits per heavy atom. The van der Waals surface area contributed by atoms with Crippen molar-refractivity contribution in [2.24, 2.45) is 11.5 Å². The van der Waals surface area contributed by atoms with E-state index < -0.39 is 17.5 Å². The summed E-state index contributed by atoms with van der Waals surface area (Å²) in [6, 6.07) is 0. The predicted octanol–water partition coefficient (Wildman–Crippen LogP) is -2.35. The Balaban J connectivity index is 2.81. The highest BCUT2D eigenvalue weighted by Crippen LogP contribution is 2.04. The zero-order valence-corrected chi connectivity index (χ0v) is 4.68. The highest BCUT2D eigenvalue weighted by Gasteiger charge is 2.39. The second-order valence-electron chi connectivity index (χ2n) is 2.09. The van der Waals surface area contributed by atoms with Gasteiger partial charge in [-0.05, 0) is 0 Å². The van der Waals surface area contributed by atoms with Crippen molar-refractivity contribution in [3.05, 3.63) is 0 Å². The number of carbonyl (C=O) groups is 2. The van der Waals surface area contributed by atoms with Gasteiger partial charge in [-0.15, -0.1) is 0 Å². The summed E-state index contributed by atoms with van der Waals surface area (Å²) in [4.78, 5) is 20.9. The SMILES string of the molecule is NC1(N)CC(=O)NC1=O. The standard InChI is InChI=1S/C4H7N3O2/c5-4(6)1-2(8)7-3(4)9/h1,5-6H2,(H,7,8,9). The molecule has 5 N–H and O–H groups in total. The number of rotatable bonds is 0. The molecule has 1 fully saturated rings. The second-order valence-corrected chi connectivity index (χ2v) is 2.09. The Kier molecular flexibility index (Phi) is 1.04.